The van der Waals surface area contributed by atoms with Crippen LogP contribution in [0.1, 0.15) is 0 Å². The third-order valence-electron chi connectivity index (χ3n) is 5.45. The van der Waals surface area contributed by atoms with Crippen LogP contribution in [0.15, 0.2) is 103 Å². The van der Waals surface area contributed by atoms with Crippen molar-refractivity contribution in [2.45, 2.75) is 6.23 Å². The second kappa shape index (κ2) is 9.47. The van der Waals surface area contributed by atoms with Crippen molar-refractivity contribution in [2.24, 2.45) is 0 Å². The summed E-state index contributed by atoms with van der Waals surface area (Å²) in [6.07, 6.45) is 3.61. The largest absolute Gasteiger partial charge is 0.457 e. The minimum atomic E-state index is -0.938. The third kappa shape index (κ3) is 4.47. The molecule has 180 valence electrons. The fourth-order valence-corrected chi connectivity index (χ4v) is 3.90. The Morgan fingerprint density at radius 3 is 2.36 bits per heavy atom. The maximum absolute atomic E-state index is 13.6. The van der Waals surface area contributed by atoms with Gasteiger partial charge in [-0.15, -0.1) is 0 Å². The van der Waals surface area contributed by atoms with Gasteiger partial charge < -0.3 is 15.2 Å². The van der Waals surface area contributed by atoms with Crippen LogP contribution in [0.4, 0.5) is 14.5 Å². The van der Waals surface area contributed by atoms with Crippen molar-refractivity contribution >= 4 is 16.7 Å². The van der Waals surface area contributed by atoms with E-state index in [0.717, 1.165) is 18.2 Å². The number of aromatic nitrogens is 3. The average Bonchev–Trinajstić information content (AvgIpc) is 3.15. The Bertz CT molecular complexity index is 1610. The van der Waals surface area contributed by atoms with Crippen LogP contribution in [0, 0.1) is 11.6 Å². The molecule has 5 aromatic rings. The van der Waals surface area contributed by atoms with Gasteiger partial charge in [0.15, 0.2) is 0 Å². The number of hydrogen-bond acceptors (Lipinski definition) is 5. The molecule has 0 amide bonds. The zero-order chi connectivity index (χ0) is 25.2. The summed E-state index contributed by atoms with van der Waals surface area (Å²) in [4.78, 5) is 17.8. The first kappa shape index (κ1) is 23.0. The molecule has 0 aliphatic carbocycles. The van der Waals surface area contributed by atoms with Crippen LogP contribution >= 0.6 is 0 Å². The van der Waals surface area contributed by atoms with E-state index in [2.05, 4.69) is 16.9 Å². The molecule has 5 rings (SSSR count). The molecule has 9 heteroatoms. The lowest BCUT2D eigenvalue weighted by Crippen LogP contribution is -2.22. The van der Waals surface area contributed by atoms with Crippen molar-refractivity contribution in [3.63, 3.8) is 0 Å². The van der Waals surface area contributed by atoms with Crippen molar-refractivity contribution in [1.29, 1.82) is 0 Å². The molecule has 1 atom stereocenters. The van der Waals surface area contributed by atoms with E-state index >= 15 is 0 Å². The molecular formula is C27H20F2N4O3. The van der Waals surface area contributed by atoms with Gasteiger partial charge in [-0.25, -0.2) is 13.6 Å². The van der Waals surface area contributed by atoms with Crippen LogP contribution in [-0.2, 0) is 0 Å². The topological polar surface area (TPSA) is 81.3 Å². The Morgan fingerprint density at radius 2 is 1.64 bits per heavy atom. The lowest BCUT2D eigenvalue weighted by atomic mass is 10.2. The van der Waals surface area contributed by atoms with Gasteiger partial charge in [0.25, 0.3) is 0 Å². The first-order valence-electron chi connectivity index (χ1n) is 10.9. The smallest absolute Gasteiger partial charge is 0.338 e. The Kier molecular flexibility index (Phi) is 6.05. The Balaban J connectivity index is 1.55. The summed E-state index contributed by atoms with van der Waals surface area (Å²) in [5.74, 6) is -1.12. The maximum atomic E-state index is 13.6. The van der Waals surface area contributed by atoms with E-state index in [1.807, 2.05) is 0 Å². The number of hydrogen-bond donors (Lipinski definition) is 2. The van der Waals surface area contributed by atoms with E-state index in [4.69, 9.17) is 4.74 Å². The number of fused-ring (bicyclic) bond motifs is 1. The van der Waals surface area contributed by atoms with Crippen LogP contribution in [-0.4, -0.2) is 25.5 Å². The number of aliphatic hydroxyl groups excluding tert-OH is 1. The number of aliphatic hydroxyl groups is 1. The molecule has 0 fully saturated rings. The minimum absolute atomic E-state index is 0.0216. The first-order valence-corrected chi connectivity index (χ1v) is 10.9. The van der Waals surface area contributed by atoms with Gasteiger partial charge in [0.1, 0.15) is 29.4 Å². The Hall–Kier alpha value is -4.76. The molecule has 0 saturated carbocycles. The van der Waals surface area contributed by atoms with Crippen molar-refractivity contribution in [2.75, 3.05) is 5.32 Å². The van der Waals surface area contributed by atoms with Crippen molar-refractivity contribution in [3.8, 4) is 22.9 Å². The fourth-order valence-electron chi connectivity index (χ4n) is 3.90. The molecule has 2 N–H and O–H groups in total. The van der Waals surface area contributed by atoms with Crippen molar-refractivity contribution in [3.05, 3.63) is 120 Å². The van der Waals surface area contributed by atoms with Crippen molar-refractivity contribution in [1.82, 2.24) is 14.1 Å². The minimum Gasteiger partial charge on any atom is -0.457 e. The Morgan fingerprint density at radius 1 is 0.917 bits per heavy atom. The van der Waals surface area contributed by atoms with Gasteiger partial charge in [0.2, 0.25) is 0 Å². The second-order valence-corrected chi connectivity index (χ2v) is 7.89. The molecule has 2 heterocycles. The van der Waals surface area contributed by atoms with Crippen LogP contribution in [0.2, 0.25) is 0 Å². The predicted molar refractivity (Wildman–Crippen MR) is 133 cm³/mol. The van der Waals surface area contributed by atoms with Gasteiger partial charge in [-0.05, 0) is 54.6 Å². The fraction of sp³-hybridized carbons (Fsp3) is 0.0370. The highest BCUT2D eigenvalue weighted by molar-refractivity contribution is 5.79. The number of pyridine rings is 1. The number of anilines is 1. The van der Waals surface area contributed by atoms with E-state index < -0.39 is 17.9 Å². The lowest BCUT2D eigenvalue weighted by Gasteiger charge is -2.11. The number of benzene rings is 3. The zero-order valence-corrected chi connectivity index (χ0v) is 18.8. The molecule has 0 saturated heterocycles. The molecule has 0 aliphatic heterocycles. The predicted octanol–water partition coefficient (Wildman–Crippen LogP) is 5.16. The average molecular weight is 486 g/mol. The zero-order valence-electron chi connectivity index (χ0n) is 18.8. The van der Waals surface area contributed by atoms with Gasteiger partial charge in [-0.1, -0.05) is 12.6 Å². The van der Waals surface area contributed by atoms with Gasteiger partial charge in [0.05, 0.1) is 28.6 Å². The summed E-state index contributed by atoms with van der Waals surface area (Å²) in [7, 11) is 0. The van der Waals surface area contributed by atoms with E-state index in [1.54, 1.807) is 71.6 Å². The number of ether oxygens (including phenoxy) is 1. The van der Waals surface area contributed by atoms with Gasteiger partial charge >= 0.3 is 5.69 Å². The summed E-state index contributed by atoms with van der Waals surface area (Å²) >= 11 is 0. The number of rotatable bonds is 7. The second-order valence-electron chi connectivity index (χ2n) is 7.89. The summed E-state index contributed by atoms with van der Waals surface area (Å²) in [5.41, 5.74) is 2.62. The normalized spacial score (nSPS) is 11.9. The highest BCUT2D eigenvalue weighted by atomic mass is 19.1. The molecule has 7 nitrogen and oxygen atoms in total. The monoisotopic (exact) mass is 486 g/mol. The summed E-state index contributed by atoms with van der Waals surface area (Å²) in [5, 5.41) is 12.7. The van der Waals surface area contributed by atoms with Gasteiger partial charge in [-0.2, -0.15) is 0 Å². The number of imidazole rings is 1. The highest BCUT2D eigenvalue weighted by Gasteiger charge is 2.17. The molecule has 36 heavy (non-hydrogen) atoms. The van der Waals surface area contributed by atoms with Crippen LogP contribution in [0.3, 0.4) is 0 Å². The van der Waals surface area contributed by atoms with E-state index in [0.29, 0.717) is 33.8 Å². The van der Waals surface area contributed by atoms with Gasteiger partial charge in [-0.3, -0.25) is 14.1 Å². The molecule has 2 aromatic heterocycles. The SMILES string of the molecule is C=CC(O)Nc1cccc(-n2c(=O)n(-c3ccc(Oc4cc(F)cc(F)c4)cc3)c3cnccc32)c1. The number of nitrogens with one attached hydrogen (secondary N) is 1. The molecular weight excluding hydrogens is 466 g/mol. The molecule has 0 radical (unpaired) electrons. The highest BCUT2D eigenvalue weighted by Crippen LogP contribution is 2.26. The van der Waals surface area contributed by atoms with Crippen LogP contribution in [0.5, 0.6) is 11.5 Å². The maximum Gasteiger partial charge on any atom is 0.338 e. The summed E-state index contributed by atoms with van der Waals surface area (Å²) in [6.45, 7) is 3.55. The first-order chi connectivity index (χ1) is 17.4. The van der Waals surface area contributed by atoms with Crippen LogP contribution < -0.4 is 15.7 Å². The summed E-state index contributed by atoms with van der Waals surface area (Å²) < 4.78 is 35.5. The molecule has 0 aliphatic rings. The van der Waals surface area contributed by atoms with Crippen molar-refractivity contribution < 1.29 is 18.6 Å². The Labute approximate surface area is 204 Å². The van der Waals surface area contributed by atoms with E-state index in [-0.39, 0.29) is 11.4 Å². The lowest BCUT2D eigenvalue weighted by molar-refractivity contribution is 0.253. The molecule has 1 unspecified atom stereocenters. The summed E-state index contributed by atoms with van der Waals surface area (Å²) in [6, 6.07) is 18.3. The molecule has 3 aromatic carbocycles. The van der Waals surface area contributed by atoms with E-state index in [1.165, 1.54) is 10.6 Å². The third-order valence-corrected chi connectivity index (χ3v) is 5.45. The molecule has 0 spiro atoms. The van der Waals surface area contributed by atoms with Crippen LogP contribution in [0.25, 0.3) is 22.4 Å². The number of nitrogens with zero attached hydrogens (tertiary/aromatic N) is 3. The van der Waals surface area contributed by atoms with E-state index in [9.17, 15) is 18.7 Å². The van der Waals surface area contributed by atoms with Gasteiger partial charge in [0, 0.05) is 30.1 Å². The molecule has 0 bridgehead atoms. The quantitative estimate of drug-likeness (QED) is 0.245. The number of halogens is 2. The standard InChI is InChI=1S/C27H20F2N4O3/c1-2-26(34)31-19-4-3-5-21(15-19)33-24-10-11-30-16-25(24)32(27(33)35)20-6-8-22(9-7-20)36-23-13-17(28)12-18(29)14-23/h2-16,26,31,34H,1H2.